The molecule has 0 bridgehead atoms. The maximum Gasteiger partial charge on any atom is 0.337 e. The van der Waals surface area contributed by atoms with E-state index >= 15 is 0 Å². The van der Waals surface area contributed by atoms with Crippen LogP contribution < -0.4 is 15.4 Å². The van der Waals surface area contributed by atoms with Gasteiger partial charge in [-0.3, -0.25) is 0 Å². The molecule has 0 aliphatic carbocycles. The first kappa shape index (κ1) is 17.6. The molecule has 1 heterocycles. The molecule has 1 aliphatic heterocycles. The average molecular weight is 401 g/mol. The lowest BCUT2D eigenvalue weighted by Crippen LogP contribution is -2.45. The molecule has 1 aromatic rings. The van der Waals surface area contributed by atoms with Crippen LogP contribution in [-0.4, -0.2) is 29.9 Å². The number of carbonyl (C=O) groups excluding carboxylic acids is 1. The van der Waals surface area contributed by atoms with Crippen LogP contribution in [0.3, 0.4) is 0 Å². The molecule has 124 valence electrons. The fourth-order valence-corrected chi connectivity index (χ4v) is 3.08. The minimum atomic E-state index is -0.507. The van der Waals surface area contributed by atoms with E-state index in [4.69, 9.17) is 21.7 Å². The number of methoxy groups -OCH3 is 1. The summed E-state index contributed by atoms with van der Waals surface area (Å²) in [4.78, 5) is 12.1. The van der Waals surface area contributed by atoms with Gasteiger partial charge in [0.05, 0.1) is 29.8 Å². The molecule has 8 heteroatoms. The average Bonchev–Trinajstić information content (AvgIpc) is 2.50. The van der Waals surface area contributed by atoms with E-state index in [0.29, 0.717) is 38.8 Å². The van der Waals surface area contributed by atoms with Crippen molar-refractivity contribution in [2.75, 3.05) is 13.7 Å². The number of thiocarbonyl (C=S) groups is 1. The number of halogens is 1. The summed E-state index contributed by atoms with van der Waals surface area (Å²) in [5.41, 5.74) is 1.75. The van der Waals surface area contributed by atoms with Crippen molar-refractivity contribution >= 4 is 39.2 Å². The molecule has 23 heavy (non-hydrogen) atoms. The molecule has 3 N–H and O–H groups in total. The van der Waals surface area contributed by atoms with Crippen LogP contribution in [0.4, 0.5) is 0 Å². The molecular weight excluding hydrogens is 384 g/mol. The predicted molar refractivity (Wildman–Crippen MR) is 93.3 cm³/mol. The molecule has 0 amide bonds. The number of aromatic hydroxyl groups is 1. The van der Waals surface area contributed by atoms with Crippen LogP contribution in [0.5, 0.6) is 11.5 Å². The molecule has 0 aromatic heterocycles. The summed E-state index contributed by atoms with van der Waals surface area (Å²) < 4.78 is 10.8. The second-order valence-electron chi connectivity index (χ2n) is 4.84. The summed E-state index contributed by atoms with van der Waals surface area (Å²) in [5.74, 6) is -0.130. The number of phenols is 1. The lowest BCUT2D eigenvalue weighted by atomic mass is 9.95. The second kappa shape index (κ2) is 7.18. The summed E-state index contributed by atoms with van der Waals surface area (Å²) in [6.45, 7) is 3.98. The standard InChI is InChI=1S/C15H17BrN2O4S/c1-4-22-10-6-8(5-9(16)13(10)19)12-11(14(20)21-3)7(2)17-15(23)18-12/h5-6,12,19H,4H2,1-3H3,(H2,17,18,23). The van der Waals surface area contributed by atoms with Gasteiger partial charge in [-0.15, -0.1) is 0 Å². The highest BCUT2D eigenvalue weighted by Crippen LogP contribution is 2.39. The third-order valence-electron chi connectivity index (χ3n) is 3.36. The number of ether oxygens (including phenoxy) is 2. The van der Waals surface area contributed by atoms with Gasteiger partial charge in [0.25, 0.3) is 0 Å². The molecule has 0 radical (unpaired) electrons. The summed E-state index contributed by atoms with van der Waals surface area (Å²) in [5, 5.41) is 16.4. The van der Waals surface area contributed by atoms with Crippen LogP contribution in [0.1, 0.15) is 25.5 Å². The van der Waals surface area contributed by atoms with Crippen molar-refractivity contribution in [3.8, 4) is 11.5 Å². The van der Waals surface area contributed by atoms with E-state index in [2.05, 4.69) is 26.6 Å². The van der Waals surface area contributed by atoms with Crippen molar-refractivity contribution in [1.29, 1.82) is 0 Å². The van der Waals surface area contributed by atoms with Crippen molar-refractivity contribution in [2.45, 2.75) is 19.9 Å². The number of hydrogen-bond acceptors (Lipinski definition) is 5. The van der Waals surface area contributed by atoms with Crippen LogP contribution in [0, 0.1) is 0 Å². The van der Waals surface area contributed by atoms with E-state index in [-0.39, 0.29) is 5.75 Å². The van der Waals surface area contributed by atoms with Crippen LogP contribution >= 0.6 is 28.1 Å². The van der Waals surface area contributed by atoms with Crippen molar-refractivity contribution < 1.29 is 19.4 Å². The van der Waals surface area contributed by atoms with E-state index in [1.54, 1.807) is 19.1 Å². The van der Waals surface area contributed by atoms with Gasteiger partial charge >= 0.3 is 5.97 Å². The molecule has 1 unspecified atom stereocenters. The van der Waals surface area contributed by atoms with E-state index in [1.807, 2.05) is 6.92 Å². The number of allylic oxidation sites excluding steroid dienone is 1. The first-order chi connectivity index (χ1) is 10.9. The van der Waals surface area contributed by atoms with E-state index in [0.717, 1.165) is 0 Å². The number of rotatable bonds is 4. The second-order valence-corrected chi connectivity index (χ2v) is 6.11. The number of nitrogens with one attached hydrogen (secondary N) is 2. The van der Waals surface area contributed by atoms with Gasteiger partial charge in [-0.2, -0.15) is 0 Å². The number of carbonyl (C=O) groups is 1. The van der Waals surface area contributed by atoms with Gasteiger partial charge < -0.3 is 25.2 Å². The van der Waals surface area contributed by atoms with Gasteiger partial charge in [-0.25, -0.2) is 4.79 Å². The molecular formula is C15H17BrN2O4S. The Hall–Kier alpha value is -1.80. The Kier molecular flexibility index (Phi) is 5.48. The Bertz CT molecular complexity index is 690. The Balaban J connectivity index is 2.56. The first-order valence-corrected chi connectivity index (χ1v) is 8.11. The highest BCUT2D eigenvalue weighted by molar-refractivity contribution is 9.10. The summed E-state index contributed by atoms with van der Waals surface area (Å²) >= 11 is 8.48. The first-order valence-electron chi connectivity index (χ1n) is 6.90. The van der Waals surface area contributed by atoms with Gasteiger partial charge in [0.2, 0.25) is 0 Å². The molecule has 0 fully saturated rings. The SMILES string of the molecule is CCOc1cc(C2NC(=S)NC(C)=C2C(=O)OC)cc(Br)c1O. The normalized spacial score (nSPS) is 17.4. The molecule has 1 aliphatic rings. The Morgan fingerprint density at radius 2 is 2.17 bits per heavy atom. The van der Waals surface area contributed by atoms with Crippen LogP contribution in [-0.2, 0) is 9.53 Å². The minimum absolute atomic E-state index is 0.00688. The van der Waals surface area contributed by atoms with Gasteiger partial charge in [0.1, 0.15) is 0 Å². The maximum absolute atomic E-state index is 12.1. The molecule has 6 nitrogen and oxygen atoms in total. The van der Waals surface area contributed by atoms with Gasteiger partial charge in [-0.05, 0) is 59.7 Å². The molecule has 2 rings (SSSR count). The topological polar surface area (TPSA) is 79.8 Å². The van der Waals surface area contributed by atoms with Crippen LogP contribution in [0.15, 0.2) is 27.9 Å². The van der Waals surface area contributed by atoms with Crippen molar-refractivity contribution in [3.05, 3.63) is 33.4 Å². The smallest absolute Gasteiger partial charge is 0.337 e. The maximum atomic E-state index is 12.1. The van der Waals surface area contributed by atoms with E-state index in [1.165, 1.54) is 7.11 Å². The van der Waals surface area contributed by atoms with E-state index < -0.39 is 12.0 Å². The van der Waals surface area contributed by atoms with Crippen molar-refractivity contribution in [1.82, 2.24) is 10.6 Å². The van der Waals surface area contributed by atoms with Crippen molar-refractivity contribution in [2.24, 2.45) is 0 Å². The molecule has 1 atom stereocenters. The van der Waals surface area contributed by atoms with Crippen molar-refractivity contribution in [3.63, 3.8) is 0 Å². The highest BCUT2D eigenvalue weighted by Gasteiger charge is 2.31. The quantitative estimate of drug-likeness (QED) is 0.529. The fourth-order valence-electron chi connectivity index (χ4n) is 2.35. The van der Waals surface area contributed by atoms with Gasteiger partial charge in [0.15, 0.2) is 16.6 Å². The lowest BCUT2D eigenvalue weighted by Gasteiger charge is -2.30. The largest absolute Gasteiger partial charge is 0.503 e. The zero-order chi connectivity index (χ0) is 17.1. The zero-order valence-corrected chi connectivity index (χ0v) is 15.3. The predicted octanol–water partition coefficient (Wildman–Crippen LogP) is 2.52. The van der Waals surface area contributed by atoms with Gasteiger partial charge in [0, 0.05) is 5.70 Å². The number of esters is 1. The Morgan fingerprint density at radius 1 is 1.48 bits per heavy atom. The number of benzene rings is 1. The highest BCUT2D eigenvalue weighted by atomic mass is 79.9. The molecule has 0 saturated heterocycles. The Labute approximate surface area is 148 Å². The summed E-state index contributed by atoms with van der Waals surface area (Å²) in [7, 11) is 1.32. The Morgan fingerprint density at radius 3 is 2.78 bits per heavy atom. The monoisotopic (exact) mass is 400 g/mol. The molecule has 0 saturated carbocycles. The third-order valence-corrected chi connectivity index (χ3v) is 4.18. The minimum Gasteiger partial charge on any atom is -0.503 e. The summed E-state index contributed by atoms with van der Waals surface area (Å²) in [6.07, 6.45) is 0. The zero-order valence-electron chi connectivity index (χ0n) is 12.9. The van der Waals surface area contributed by atoms with Crippen LogP contribution in [0.2, 0.25) is 0 Å². The third kappa shape index (κ3) is 3.59. The van der Waals surface area contributed by atoms with E-state index in [9.17, 15) is 9.90 Å². The number of phenolic OH excluding ortho intramolecular Hbond substituents is 1. The van der Waals surface area contributed by atoms with Gasteiger partial charge in [-0.1, -0.05) is 0 Å². The number of hydrogen-bond donors (Lipinski definition) is 3. The molecule has 1 aromatic carbocycles. The van der Waals surface area contributed by atoms with Crippen LogP contribution in [0.25, 0.3) is 0 Å². The molecule has 0 spiro atoms. The fraction of sp³-hybridized carbons (Fsp3) is 0.333. The summed E-state index contributed by atoms with van der Waals surface area (Å²) in [6, 6.07) is 2.87. The lowest BCUT2D eigenvalue weighted by molar-refractivity contribution is -0.136.